The number of phenols is 2. The van der Waals surface area contributed by atoms with E-state index in [-0.39, 0.29) is 23.8 Å². The van der Waals surface area contributed by atoms with Crippen LogP contribution in [0.5, 0.6) is 23.0 Å². The van der Waals surface area contributed by atoms with Gasteiger partial charge in [-0.1, -0.05) is 25.1 Å². The Kier molecular flexibility index (Phi) is 5.33. The summed E-state index contributed by atoms with van der Waals surface area (Å²) in [5.41, 5.74) is 1.79. The lowest BCUT2D eigenvalue weighted by molar-refractivity contribution is -0.130. The fourth-order valence-electron chi connectivity index (χ4n) is 6.62. The van der Waals surface area contributed by atoms with Crippen LogP contribution >= 0.6 is 0 Å². The van der Waals surface area contributed by atoms with Crippen molar-refractivity contribution in [2.75, 3.05) is 23.4 Å². The zero-order chi connectivity index (χ0) is 27.8. The van der Waals surface area contributed by atoms with Crippen LogP contribution in [0, 0.1) is 11.8 Å². The van der Waals surface area contributed by atoms with Gasteiger partial charge in [0.2, 0.25) is 17.7 Å². The smallest absolute Gasteiger partial charge is 0.250 e. The molecule has 40 heavy (non-hydrogen) atoms. The van der Waals surface area contributed by atoms with Crippen LogP contribution in [0.3, 0.4) is 0 Å². The van der Waals surface area contributed by atoms with E-state index in [1.165, 1.54) is 12.1 Å². The molecule has 4 aliphatic heterocycles. The summed E-state index contributed by atoms with van der Waals surface area (Å²) >= 11 is 0. The molecule has 10 heteroatoms. The maximum atomic E-state index is 14.3. The molecule has 204 valence electrons. The number of nitrogens with one attached hydrogen (secondary N) is 2. The van der Waals surface area contributed by atoms with Crippen LogP contribution in [0.2, 0.25) is 0 Å². The number of aryl methyl sites for hydroxylation is 1. The molecule has 7 rings (SSSR count). The summed E-state index contributed by atoms with van der Waals surface area (Å²) in [6.07, 6.45) is 0.971. The van der Waals surface area contributed by atoms with E-state index in [0.29, 0.717) is 47.2 Å². The number of imide groups is 1. The molecule has 3 aromatic carbocycles. The second-order valence-corrected chi connectivity index (χ2v) is 10.6. The molecule has 0 bridgehead atoms. The average Bonchev–Trinajstić information content (AvgIpc) is 3.54. The van der Waals surface area contributed by atoms with E-state index in [1.807, 2.05) is 25.1 Å². The number of ether oxygens (including phenoxy) is 2. The first kappa shape index (κ1) is 24.5. The zero-order valence-corrected chi connectivity index (χ0v) is 21.6. The molecular formula is C30H27N3O7. The molecular weight excluding hydrogens is 514 g/mol. The third-order valence-electron chi connectivity index (χ3n) is 8.47. The summed E-state index contributed by atoms with van der Waals surface area (Å²) in [4.78, 5) is 43.4. The predicted octanol–water partition coefficient (Wildman–Crippen LogP) is 2.60. The molecule has 10 nitrogen and oxygen atoms in total. The van der Waals surface area contributed by atoms with Crippen LogP contribution in [0.15, 0.2) is 54.6 Å². The van der Waals surface area contributed by atoms with Crippen LogP contribution in [0.4, 0.5) is 11.4 Å². The maximum absolute atomic E-state index is 14.3. The maximum Gasteiger partial charge on any atom is 0.250 e. The summed E-state index contributed by atoms with van der Waals surface area (Å²) in [6.45, 7) is 2.78. The molecule has 4 N–H and O–H groups in total. The van der Waals surface area contributed by atoms with E-state index in [1.54, 1.807) is 24.3 Å². The molecule has 3 aromatic rings. The van der Waals surface area contributed by atoms with Crippen molar-refractivity contribution in [3.05, 3.63) is 71.3 Å². The van der Waals surface area contributed by atoms with E-state index in [2.05, 4.69) is 10.6 Å². The summed E-state index contributed by atoms with van der Waals surface area (Å²) < 4.78 is 11.3. The van der Waals surface area contributed by atoms with Gasteiger partial charge < -0.3 is 25.0 Å². The van der Waals surface area contributed by atoms with Gasteiger partial charge in [-0.05, 0) is 54.3 Å². The molecule has 4 heterocycles. The van der Waals surface area contributed by atoms with Crippen molar-refractivity contribution in [2.45, 2.75) is 31.3 Å². The highest BCUT2D eigenvalue weighted by molar-refractivity contribution is 6.26. The topological polar surface area (TPSA) is 137 Å². The van der Waals surface area contributed by atoms with Gasteiger partial charge in [0.25, 0.3) is 0 Å². The number of phenolic OH excluding ortho intramolecular Hbond substituents is 2. The van der Waals surface area contributed by atoms with Gasteiger partial charge in [0.05, 0.1) is 17.5 Å². The molecule has 0 aliphatic carbocycles. The lowest BCUT2D eigenvalue weighted by Crippen LogP contribution is -2.53. The Morgan fingerprint density at radius 3 is 2.45 bits per heavy atom. The van der Waals surface area contributed by atoms with Gasteiger partial charge in [0.15, 0.2) is 23.0 Å². The van der Waals surface area contributed by atoms with Crippen LogP contribution in [-0.2, 0) is 32.8 Å². The molecule has 4 atom stereocenters. The monoisotopic (exact) mass is 541 g/mol. The molecule has 0 saturated carbocycles. The Labute approximate surface area is 229 Å². The second kappa shape index (κ2) is 8.72. The molecule has 4 aliphatic rings. The number of amides is 3. The van der Waals surface area contributed by atoms with E-state index in [0.717, 1.165) is 16.9 Å². The Bertz CT molecular complexity index is 1600. The Hall–Kier alpha value is -4.57. The summed E-state index contributed by atoms with van der Waals surface area (Å²) in [6, 6.07) is 14.5. The number of carbonyl (C=O) groups excluding carboxylic acids is 3. The highest BCUT2D eigenvalue weighted by Crippen LogP contribution is 2.54. The van der Waals surface area contributed by atoms with E-state index in [4.69, 9.17) is 9.47 Å². The molecule has 3 amide bonds. The van der Waals surface area contributed by atoms with E-state index < -0.39 is 35.2 Å². The van der Waals surface area contributed by atoms with Gasteiger partial charge in [-0.3, -0.25) is 19.7 Å². The Morgan fingerprint density at radius 1 is 0.900 bits per heavy atom. The lowest BCUT2D eigenvalue weighted by atomic mass is 9.76. The van der Waals surface area contributed by atoms with Gasteiger partial charge in [-0.25, -0.2) is 4.90 Å². The SMILES string of the molecule is CCc1ccc2c(c1)[C@]1(N[C@H](Cc3ccc(O)c(O)c3)[C@H]3C(=O)N(c4ccc5c(c4)OCCO5)C(=O)[C@H]31)C(=O)N2. The number of aromatic hydroxyl groups is 2. The summed E-state index contributed by atoms with van der Waals surface area (Å²) in [7, 11) is 0. The van der Waals surface area contributed by atoms with Gasteiger partial charge in [-0.2, -0.15) is 0 Å². The highest BCUT2D eigenvalue weighted by atomic mass is 16.6. The van der Waals surface area contributed by atoms with Crippen molar-refractivity contribution in [1.29, 1.82) is 0 Å². The number of hydrogen-bond donors (Lipinski definition) is 4. The number of carbonyl (C=O) groups is 3. The lowest BCUT2D eigenvalue weighted by Gasteiger charge is -2.30. The minimum Gasteiger partial charge on any atom is -0.504 e. The average molecular weight is 542 g/mol. The first-order valence-electron chi connectivity index (χ1n) is 13.3. The van der Waals surface area contributed by atoms with E-state index in [9.17, 15) is 24.6 Å². The predicted molar refractivity (Wildman–Crippen MR) is 143 cm³/mol. The minimum absolute atomic E-state index is 0.237. The largest absolute Gasteiger partial charge is 0.504 e. The number of rotatable bonds is 4. The van der Waals surface area contributed by atoms with Crippen LogP contribution in [-0.4, -0.2) is 47.2 Å². The van der Waals surface area contributed by atoms with Gasteiger partial charge in [-0.15, -0.1) is 0 Å². The minimum atomic E-state index is -1.45. The summed E-state index contributed by atoms with van der Waals surface area (Å²) in [5.74, 6) is -2.70. The number of anilines is 2. The zero-order valence-electron chi connectivity index (χ0n) is 21.6. The third kappa shape index (κ3) is 3.35. The first-order chi connectivity index (χ1) is 19.3. The molecule has 0 radical (unpaired) electrons. The van der Waals surface area contributed by atoms with E-state index >= 15 is 0 Å². The van der Waals surface area contributed by atoms with Gasteiger partial charge >= 0.3 is 0 Å². The Morgan fingerprint density at radius 2 is 1.68 bits per heavy atom. The van der Waals surface area contributed by atoms with Crippen LogP contribution in [0.1, 0.15) is 23.6 Å². The number of nitrogens with zero attached hydrogens (tertiary/aromatic N) is 1. The summed E-state index contributed by atoms with van der Waals surface area (Å²) in [5, 5.41) is 26.2. The molecule has 2 fully saturated rings. The fraction of sp³-hybridized carbons (Fsp3) is 0.300. The van der Waals surface area contributed by atoms with Crippen molar-refractivity contribution >= 4 is 29.1 Å². The van der Waals surface area contributed by atoms with Crippen molar-refractivity contribution in [3.8, 4) is 23.0 Å². The third-order valence-corrected chi connectivity index (χ3v) is 8.47. The normalized spacial score (nSPS) is 26.3. The molecule has 1 spiro atoms. The second-order valence-electron chi connectivity index (χ2n) is 10.6. The Balaban J connectivity index is 1.36. The van der Waals surface area contributed by atoms with Gasteiger partial charge in [0.1, 0.15) is 18.8 Å². The number of benzene rings is 3. The van der Waals surface area contributed by atoms with Gasteiger partial charge in [0, 0.05) is 23.4 Å². The quantitative estimate of drug-likeness (QED) is 0.292. The molecule has 2 saturated heterocycles. The fourth-order valence-corrected chi connectivity index (χ4v) is 6.62. The van der Waals surface area contributed by atoms with Crippen LogP contribution in [0.25, 0.3) is 0 Å². The van der Waals surface area contributed by atoms with Crippen molar-refractivity contribution < 1.29 is 34.1 Å². The first-order valence-corrected chi connectivity index (χ1v) is 13.3. The van der Waals surface area contributed by atoms with Crippen molar-refractivity contribution in [1.82, 2.24) is 5.32 Å². The standard InChI is InChI=1S/C30H27N3O7/c1-2-15-3-6-19-18(11-15)30(29(38)31-19)26-25(20(32-30)12-16-4-7-21(34)22(35)13-16)27(36)33(28(26)37)17-5-8-23-24(14-17)40-10-9-39-23/h3-8,11,13-14,20,25-26,32,34-35H,2,9-10,12H2,1H3,(H,31,38)/t20-,25-,26+,30-/m1/s1. The highest BCUT2D eigenvalue weighted by Gasteiger charge is 2.70. The van der Waals surface area contributed by atoms with Crippen LogP contribution < -0.4 is 25.0 Å². The van der Waals surface area contributed by atoms with Crippen molar-refractivity contribution in [2.24, 2.45) is 11.8 Å². The van der Waals surface area contributed by atoms with Crippen molar-refractivity contribution in [3.63, 3.8) is 0 Å². The number of fused-ring (bicyclic) bond motifs is 5. The number of hydrogen-bond acceptors (Lipinski definition) is 8. The molecule has 0 aromatic heterocycles. The molecule has 0 unspecified atom stereocenters.